The van der Waals surface area contributed by atoms with Crippen LogP contribution in [0, 0.1) is 13.8 Å². The summed E-state index contributed by atoms with van der Waals surface area (Å²) < 4.78 is 0. The van der Waals surface area contributed by atoms with E-state index in [0.717, 1.165) is 36.7 Å². The second-order valence-corrected chi connectivity index (χ2v) is 6.04. The quantitative estimate of drug-likeness (QED) is 0.880. The van der Waals surface area contributed by atoms with E-state index in [-0.39, 0.29) is 5.91 Å². The summed E-state index contributed by atoms with van der Waals surface area (Å²) in [5.41, 5.74) is 1.94. The zero-order valence-corrected chi connectivity index (χ0v) is 13.2. The maximum absolute atomic E-state index is 11.7. The number of aryl methyl sites for hydroxylation is 2. The summed E-state index contributed by atoms with van der Waals surface area (Å²) in [6, 6.07) is 1.96. The molecule has 7 heteroatoms. The summed E-state index contributed by atoms with van der Waals surface area (Å²) in [5.74, 6) is 0.560. The van der Waals surface area contributed by atoms with Gasteiger partial charge in [-0.2, -0.15) is 0 Å². The maximum atomic E-state index is 11.7. The number of hydrogen-bond acceptors (Lipinski definition) is 6. The van der Waals surface area contributed by atoms with Gasteiger partial charge >= 0.3 is 0 Å². The highest BCUT2D eigenvalue weighted by Crippen LogP contribution is 2.34. The number of aromatic nitrogens is 2. The van der Waals surface area contributed by atoms with Gasteiger partial charge in [-0.1, -0.05) is 5.16 Å². The Morgan fingerprint density at radius 2 is 2.09 bits per heavy atom. The molecular weight excluding hydrogens is 282 g/mol. The van der Waals surface area contributed by atoms with Gasteiger partial charge in [-0.05, 0) is 32.8 Å². The van der Waals surface area contributed by atoms with Crippen LogP contribution in [-0.2, 0) is 9.63 Å². The Labute approximate surface area is 129 Å². The minimum absolute atomic E-state index is 0.170. The van der Waals surface area contributed by atoms with Gasteiger partial charge in [0.05, 0.1) is 6.54 Å². The zero-order chi connectivity index (χ0) is 15.7. The number of oxime groups is 1. The first-order valence-electron chi connectivity index (χ1n) is 7.56. The molecule has 22 heavy (non-hydrogen) atoms. The van der Waals surface area contributed by atoms with E-state index in [1.54, 1.807) is 7.05 Å². The third-order valence-corrected chi connectivity index (χ3v) is 4.12. The van der Waals surface area contributed by atoms with E-state index in [0.29, 0.717) is 18.7 Å². The molecule has 118 valence electrons. The van der Waals surface area contributed by atoms with E-state index in [1.165, 1.54) is 0 Å². The molecule has 1 aromatic heterocycles. The van der Waals surface area contributed by atoms with Crippen LogP contribution in [0.4, 0.5) is 5.95 Å². The Balaban J connectivity index is 1.77. The lowest BCUT2D eigenvalue weighted by atomic mass is 9.88. The van der Waals surface area contributed by atoms with Crippen LogP contribution in [0.5, 0.6) is 0 Å². The predicted molar refractivity (Wildman–Crippen MR) is 82.9 cm³/mol. The first-order valence-corrected chi connectivity index (χ1v) is 7.56. The average Bonchev–Trinajstić information content (AvgIpc) is 2.89. The van der Waals surface area contributed by atoms with E-state index < -0.39 is 5.60 Å². The molecule has 3 rings (SSSR count). The number of anilines is 1. The molecule has 2 aliphatic rings. The van der Waals surface area contributed by atoms with Crippen LogP contribution in [0.15, 0.2) is 11.2 Å². The van der Waals surface area contributed by atoms with Crippen LogP contribution in [-0.4, -0.2) is 47.3 Å². The molecule has 1 fully saturated rings. The van der Waals surface area contributed by atoms with Crippen LogP contribution >= 0.6 is 0 Å². The minimum atomic E-state index is -0.429. The van der Waals surface area contributed by atoms with E-state index in [9.17, 15) is 4.79 Å². The van der Waals surface area contributed by atoms with Gasteiger partial charge in [0.15, 0.2) is 5.60 Å². The van der Waals surface area contributed by atoms with Gasteiger partial charge in [-0.25, -0.2) is 9.97 Å². The van der Waals surface area contributed by atoms with Crippen LogP contribution in [0.2, 0.25) is 0 Å². The summed E-state index contributed by atoms with van der Waals surface area (Å²) >= 11 is 0. The molecule has 0 aliphatic carbocycles. The summed E-state index contributed by atoms with van der Waals surface area (Å²) in [4.78, 5) is 28.6. The molecule has 1 saturated heterocycles. The van der Waals surface area contributed by atoms with Gasteiger partial charge in [0, 0.05) is 31.4 Å². The van der Waals surface area contributed by atoms with Crippen molar-refractivity contribution in [3.63, 3.8) is 0 Å². The van der Waals surface area contributed by atoms with E-state index >= 15 is 0 Å². The fourth-order valence-electron chi connectivity index (χ4n) is 3.12. The molecule has 1 aromatic rings. The largest absolute Gasteiger partial charge is 0.386 e. The molecule has 1 spiro atoms. The Kier molecular flexibility index (Phi) is 3.72. The lowest BCUT2D eigenvalue weighted by Crippen LogP contribution is -2.49. The van der Waals surface area contributed by atoms with Crippen molar-refractivity contribution in [1.29, 1.82) is 0 Å². The molecule has 7 nitrogen and oxygen atoms in total. The predicted octanol–water partition coefficient (Wildman–Crippen LogP) is 0.955. The highest BCUT2D eigenvalue weighted by Gasteiger charge is 2.45. The normalized spacial score (nSPS) is 24.1. The lowest BCUT2D eigenvalue weighted by molar-refractivity contribution is -0.114. The fraction of sp³-hybridized carbons (Fsp3) is 0.600. The molecule has 0 radical (unpaired) electrons. The molecule has 1 N–H and O–H groups in total. The van der Waals surface area contributed by atoms with Crippen molar-refractivity contribution in [3.05, 3.63) is 17.5 Å². The number of nitrogens with zero attached hydrogens (tertiary/aromatic N) is 4. The summed E-state index contributed by atoms with van der Waals surface area (Å²) in [6.07, 6.45) is 2.39. The smallest absolute Gasteiger partial charge is 0.268 e. The number of hydrogen-bond donors (Lipinski definition) is 1. The highest BCUT2D eigenvalue weighted by atomic mass is 16.7. The van der Waals surface area contributed by atoms with E-state index in [2.05, 4.69) is 25.3 Å². The number of carbonyl (C=O) groups excluding carboxylic acids is 1. The highest BCUT2D eigenvalue weighted by molar-refractivity contribution is 6.39. The molecular formula is C15H21N5O2. The number of nitrogens with one attached hydrogen (secondary N) is 1. The number of amides is 1. The van der Waals surface area contributed by atoms with Gasteiger partial charge in [-0.3, -0.25) is 4.79 Å². The Morgan fingerprint density at radius 3 is 2.77 bits per heavy atom. The van der Waals surface area contributed by atoms with Crippen molar-refractivity contribution in [2.24, 2.45) is 5.16 Å². The van der Waals surface area contributed by atoms with Crippen molar-refractivity contribution in [2.75, 3.05) is 25.0 Å². The van der Waals surface area contributed by atoms with Crippen LogP contribution < -0.4 is 10.2 Å². The fourth-order valence-corrected chi connectivity index (χ4v) is 3.12. The van der Waals surface area contributed by atoms with Crippen molar-refractivity contribution in [1.82, 2.24) is 15.3 Å². The summed E-state index contributed by atoms with van der Waals surface area (Å²) in [7, 11) is 1.60. The zero-order valence-electron chi connectivity index (χ0n) is 13.2. The molecule has 0 bridgehead atoms. The van der Waals surface area contributed by atoms with Crippen molar-refractivity contribution >= 4 is 17.6 Å². The third-order valence-electron chi connectivity index (χ3n) is 4.12. The molecule has 0 unspecified atom stereocenters. The van der Waals surface area contributed by atoms with Gasteiger partial charge in [-0.15, -0.1) is 0 Å². The summed E-state index contributed by atoms with van der Waals surface area (Å²) in [5, 5.41) is 6.58. The minimum Gasteiger partial charge on any atom is -0.386 e. The van der Waals surface area contributed by atoms with Crippen LogP contribution in [0.3, 0.4) is 0 Å². The van der Waals surface area contributed by atoms with Crippen LogP contribution in [0.1, 0.15) is 30.7 Å². The van der Waals surface area contributed by atoms with Gasteiger partial charge < -0.3 is 15.1 Å². The van der Waals surface area contributed by atoms with Gasteiger partial charge in [0.25, 0.3) is 5.91 Å². The molecule has 1 atom stereocenters. The topological polar surface area (TPSA) is 79.7 Å². The molecule has 1 amide bonds. The van der Waals surface area contributed by atoms with E-state index in [4.69, 9.17) is 4.84 Å². The lowest BCUT2D eigenvalue weighted by Gasteiger charge is -2.38. The van der Waals surface area contributed by atoms with Gasteiger partial charge in [0.1, 0.15) is 5.71 Å². The number of piperidine rings is 1. The first-order chi connectivity index (χ1) is 10.5. The number of rotatable bonds is 2. The monoisotopic (exact) mass is 303 g/mol. The van der Waals surface area contributed by atoms with Crippen LogP contribution in [0.25, 0.3) is 0 Å². The standard InChI is InChI=1S/C15H21N5O2/c1-10-7-11(2)18-14(17-10)20-6-4-5-15(9-20)8-12(19-22-15)13(21)16-3/h7H,4-6,8-9H2,1-3H3,(H,16,21)/t15-/m1/s1. The van der Waals surface area contributed by atoms with Crippen molar-refractivity contribution in [3.8, 4) is 0 Å². The summed E-state index contributed by atoms with van der Waals surface area (Å²) in [6.45, 7) is 5.48. The molecule has 0 aromatic carbocycles. The van der Waals surface area contributed by atoms with Crippen molar-refractivity contribution in [2.45, 2.75) is 38.7 Å². The molecule has 2 aliphatic heterocycles. The molecule has 3 heterocycles. The van der Waals surface area contributed by atoms with Crippen molar-refractivity contribution < 1.29 is 9.63 Å². The molecule has 0 saturated carbocycles. The first kappa shape index (κ1) is 14.7. The SMILES string of the molecule is CNC(=O)C1=NO[C@]2(CCCN(c3nc(C)cc(C)n3)C2)C1. The maximum Gasteiger partial charge on any atom is 0.268 e. The Morgan fingerprint density at radius 1 is 1.36 bits per heavy atom. The third kappa shape index (κ3) is 2.75. The average molecular weight is 303 g/mol. The number of carbonyl (C=O) groups is 1. The van der Waals surface area contributed by atoms with E-state index in [1.807, 2.05) is 19.9 Å². The second-order valence-electron chi connectivity index (χ2n) is 6.04. The Bertz CT molecular complexity index is 610. The second kappa shape index (κ2) is 5.55. The Hall–Kier alpha value is -2.18. The van der Waals surface area contributed by atoms with Gasteiger partial charge in [0.2, 0.25) is 5.95 Å².